The zero-order valence-corrected chi connectivity index (χ0v) is 33.6. The SMILES string of the molecule is C=CCCCCCCCCCCCCCCCC(=O)O[C@H](COC(=O)CCCCCCCCCCC/C=C/CCCC)COP(=O)(O)OCCN. The molecule has 9 nitrogen and oxygen atoms in total. The Morgan fingerprint density at radius 2 is 1.06 bits per heavy atom. The fourth-order valence-corrected chi connectivity index (χ4v) is 6.60. The van der Waals surface area contributed by atoms with Gasteiger partial charge in [-0.25, -0.2) is 4.57 Å². The lowest BCUT2D eigenvalue weighted by molar-refractivity contribution is -0.161. The van der Waals surface area contributed by atoms with Crippen LogP contribution in [0.25, 0.3) is 0 Å². The Kier molecular flexibility index (Phi) is 37.1. The van der Waals surface area contributed by atoms with Crippen molar-refractivity contribution in [1.82, 2.24) is 0 Å². The third-order valence-electron chi connectivity index (χ3n) is 8.96. The van der Waals surface area contributed by atoms with Crippen LogP contribution >= 0.6 is 7.82 Å². The molecule has 0 aromatic rings. The maximum absolute atomic E-state index is 12.6. The van der Waals surface area contributed by atoms with E-state index in [0.29, 0.717) is 6.42 Å². The van der Waals surface area contributed by atoms with Gasteiger partial charge in [0.1, 0.15) is 6.61 Å². The monoisotopic (exact) mass is 744 g/mol. The Morgan fingerprint density at radius 1 is 0.627 bits per heavy atom. The van der Waals surface area contributed by atoms with Crippen molar-refractivity contribution in [3.05, 3.63) is 24.8 Å². The molecule has 1 unspecified atom stereocenters. The molecule has 3 N–H and O–H groups in total. The van der Waals surface area contributed by atoms with Crippen molar-refractivity contribution in [3.63, 3.8) is 0 Å². The molecular formula is C41H78NO8P. The predicted molar refractivity (Wildman–Crippen MR) is 211 cm³/mol. The molecule has 0 amide bonds. The third kappa shape index (κ3) is 38.0. The fourth-order valence-electron chi connectivity index (χ4n) is 5.83. The van der Waals surface area contributed by atoms with Crippen LogP contribution in [0.3, 0.4) is 0 Å². The van der Waals surface area contributed by atoms with Crippen LogP contribution < -0.4 is 5.73 Å². The van der Waals surface area contributed by atoms with Crippen molar-refractivity contribution in [2.45, 2.75) is 199 Å². The first-order valence-corrected chi connectivity index (χ1v) is 22.3. The average molecular weight is 744 g/mol. The second-order valence-corrected chi connectivity index (χ2v) is 15.4. The van der Waals surface area contributed by atoms with E-state index in [1.165, 1.54) is 122 Å². The van der Waals surface area contributed by atoms with Crippen molar-refractivity contribution < 1.29 is 37.6 Å². The number of rotatable bonds is 40. The summed E-state index contributed by atoms with van der Waals surface area (Å²) < 4.78 is 32.7. The van der Waals surface area contributed by atoms with Crippen molar-refractivity contribution in [2.75, 3.05) is 26.4 Å². The van der Waals surface area contributed by atoms with Gasteiger partial charge in [-0.15, -0.1) is 6.58 Å². The Balaban J connectivity index is 4.14. The number of ether oxygens (including phenoxy) is 2. The first kappa shape index (κ1) is 49.5. The van der Waals surface area contributed by atoms with Crippen LogP contribution in [-0.4, -0.2) is 49.3 Å². The smallest absolute Gasteiger partial charge is 0.462 e. The first-order valence-electron chi connectivity index (χ1n) is 20.8. The minimum Gasteiger partial charge on any atom is -0.462 e. The van der Waals surface area contributed by atoms with Crippen LogP contribution in [0.1, 0.15) is 193 Å². The summed E-state index contributed by atoms with van der Waals surface area (Å²) in [6.07, 6.45) is 38.1. The number of carbonyl (C=O) groups excluding carboxylic acids is 2. The van der Waals surface area contributed by atoms with E-state index in [2.05, 4.69) is 25.7 Å². The highest BCUT2D eigenvalue weighted by Gasteiger charge is 2.26. The lowest BCUT2D eigenvalue weighted by Crippen LogP contribution is -2.29. The molecule has 0 aromatic heterocycles. The number of hydrogen-bond acceptors (Lipinski definition) is 8. The fraction of sp³-hybridized carbons (Fsp3) is 0.854. The minimum atomic E-state index is -4.37. The molecule has 2 atom stereocenters. The predicted octanol–water partition coefficient (Wildman–Crippen LogP) is 11.6. The van der Waals surface area contributed by atoms with Gasteiger partial charge in [0.25, 0.3) is 0 Å². The van der Waals surface area contributed by atoms with Gasteiger partial charge in [0.15, 0.2) is 6.10 Å². The van der Waals surface area contributed by atoms with Crippen molar-refractivity contribution in [2.24, 2.45) is 5.73 Å². The van der Waals surface area contributed by atoms with Gasteiger partial charge in [0, 0.05) is 19.4 Å². The third-order valence-corrected chi connectivity index (χ3v) is 9.94. The van der Waals surface area contributed by atoms with Gasteiger partial charge in [-0.3, -0.25) is 18.6 Å². The Hall–Kier alpha value is -1.51. The van der Waals surface area contributed by atoms with Crippen molar-refractivity contribution in [3.8, 4) is 0 Å². The van der Waals surface area contributed by atoms with Gasteiger partial charge in [-0.05, 0) is 44.9 Å². The second-order valence-electron chi connectivity index (χ2n) is 13.9. The maximum Gasteiger partial charge on any atom is 0.472 e. The summed E-state index contributed by atoms with van der Waals surface area (Å²) in [4.78, 5) is 34.8. The molecule has 0 fully saturated rings. The van der Waals surface area contributed by atoms with Gasteiger partial charge < -0.3 is 20.1 Å². The standard InChI is InChI=1S/C41H78NO8P/c1-3-5-7-9-11-13-15-17-19-21-23-25-27-29-31-33-40(43)47-37-39(38-49-51(45,46)48-36-35-42)50-41(44)34-32-30-28-26-24-22-20-18-16-14-12-10-8-6-4-2/h4,9,11,39H,2-3,5-8,10,12-38,42H2,1H3,(H,45,46)/b11-9+/t39-/m1/s1. The van der Waals surface area contributed by atoms with Crippen molar-refractivity contribution in [1.29, 1.82) is 0 Å². The molecule has 0 saturated carbocycles. The highest BCUT2D eigenvalue weighted by molar-refractivity contribution is 7.47. The number of phosphoric ester groups is 1. The summed E-state index contributed by atoms with van der Waals surface area (Å²) in [5.41, 5.74) is 5.34. The molecular weight excluding hydrogens is 665 g/mol. The van der Waals surface area contributed by atoms with Gasteiger partial charge in [-0.1, -0.05) is 154 Å². The number of unbranched alkanes of at least 4 members (excludes halogenated alkanes) is 24. The van der Waals surface area contributed by atoms with Gasteiger partial charge in [0.2, 0.25) is 0 Å². The van der Waals surface area contributed by atoms with E-state index in [1.54, 1.807) is 0 Å². The largest absolute Gasteiger partial charge is 0.472 e. The molecule has 0 aliphatic rings. The van der Waals surface area contributed by atoms with E-state index in [-0.39, 0.29) is 38.6 Å². The molecule has 10 heteroatoms. The topological polar surface area (TPSA) is 134 Å². The van der Waals surface area contributed by atoms with E-state index < -0.39 is 26.5 Å². The zero-order chi connectivity index (χ0) is 37.5. The molecule has 0 aliphatic heterocycles. The van der Waals surface area contributed by atoms with Crippen LogP contribution in [0.2, 0.25) is 0 Å². The number of phosphoric acid groups is 1. The molecule has 51 heavy (non-hydrogen) atoms. The summed E-state index contributed by atoms with van der Waals surface area (Å²) in [5, 5.41) is 0. The molecule has 0 aliphatic carbocycles. The van der Waals surface area contributed by atoms with Crippen LogP contribution in [0.15, 0.2) is 24.8 Å². The molecule has 300 valence electrons. The van der Waals surface area contributed by atoms with E-state index in [9.17, 15) is 19.0 Å². The van der Waals surface area contributed by atoms with Gasteiger partial charge in [0.05, 0.1) is 13.2 Å². The molecule has 0 radical (unpaired) electrons. The highest BCUT2D eigenvalue weighted by atomic mass is 31.2. The minimum absolute atomic E-state index is 0.0538. The van der Waals surface area contributed by atoms with E-state index in [1.807, 2.05) is 6.08 Å². The maximum atomic E-state index is 12.6. The van der Waals surface area contributed by atoms with E-state index >= 15 is 0 Å². The molecule has 0 heterocycles. The van der Waals surface area contributed by atoms with E-state index in [4.69, 9.17) is 24.3 Å². The summed E-state index contributed by atoms with van der Waals surface area (Å²) in [6, 6.07) is 0. The normalized spacial score (nSPS) is 13.3. The summed E-state index contributed by atoms with van der Waals surface area (Å²) in [5.74, 6) is -0.829. The number of allylic oxidation sites excluding steroid dienone is 3. The van der Waals surface area contributed by atoms with Crippen LogP contribution in [0.4, 0.5) is 0 Å². The average Bonchev–Trinajstić information content (AvgIpc) is 3.11. The second kappa shape index (κ2) is 38.2. The molecule has 0 aromatic carbocycles. The molecule has 0 spiro atoms. The molecule has 0 rings (SSSR count). The summed E-state index contributed by atoms with van der Waals surface area (Å²) in [7, 11) is -4.37. The number of carbonyl (C=O) groups is 2. The van der Waals surface area contributed by atoms with Crippen LogP contribution in [0, 0.1) is 0 Å². The highest BCUT2D eigenvalue weighted by Crippen LogP contribution is 2.43. The number of esters is 2. The quantitative estimate of drug-likeness (QED) is 0.0272. The first-order chi connectivity index (χ1) is 24.8. The van der Waals surface area contributed by atoms with Crippen LogP contribution in [0.5, 0.6) is 0 Å². The Bertz CT molecular complexity index is 884. The van der Waals surface area contributed by atoms with Gasteiger partial charge in [-0.2, -0.15) is 0 Å². The summed E-state index contributed by atoms with van der Waals surface area (Å²) >= 11 is 0. The lowest BCUT2D eigenvalue weighted by Gasteiger charge is -2.19. The van der Waals surface area contributed by atoms with E-state index in [0.717, 1.165) is 44.9 Å². The van der Waals surface area contributed by atoms with Gasteiger partial charge >= 0.3 is 19.8 Å². The van der Waals surface area contributed by atoms with Crippen molar-refractivity contribution >= 4 is 19.8 Å². The molecule has 0 saturated heterocycles. The summed E-state index contributed by atoms with van der Waals surface area (Å²) in [6.45, 7) is 5.23. The Labute approximate surface area is 312 Å². The Morgan fingerprint density at radius 3 is 1.53 bits per heavy atom. The van der Waals surface area contributed by atoms with Crippen LogP contribution in [-0.2, 0) is 32.7 Å². The number of hydrogen-bond donors (Lipinski definition) is 2. The zero-order valence-electron chi connectivity index (χ0n) is 32.7. The number of nitrogens with two attached hydrogens (primary N) is 1. The lowest BCUT2D eigenvalue weighted by atomic mass is 10.0. The molecule has 0 bridgehead atoms.